The Morgan fingerprint density at radius 3 is 2.43 bits per heavy atom. The summed E-state index contributed by atoms with van der Waals surface area (Å²) in [5.74, 6) is 0.764. The second-order valence-electron chi connectivity index (χ2n) is 2.85. The second-order valence-corrected chi connectivity index (χ2v) is 3.91. The van der Waals surface area contributed by atoms with Crippen molar-refractivity contribution in [1.29, 1.82) is 0 Å². The zero-order chi connectivity index (χ0) is 10.6. The molecule has 1 atom stereocenters. The van der Waals surface area contributed by atoms with E-state index in [1.165, 1.54) is 11.4 Å². The van der Waals surface area contributed by atoms with Crippen molar-refractivity contribution in [2.75, 3.05) is 14.2 Å². The van der Waals surface area contributed by atoms with E-state index in [1.807, 2.05) is 12.1 Å². The monoisotopic (exact) mass is 214 g/mol. The highest BCUT2D eigenvalue weighted by Crippen LogP contribution is 2.12. The molecule has 0 aliphatic rings. The molecule has 0 heterocycles. The number of ether oxygens (including phenoxy) is 1. The quantitative estimate of drug-likeness (QED) is 0.700. The van der Waals surface area contributed by atoms with Crippen molar-refractivity contribution in [2.24, 2.45) is 0 Å². The molecule has 0 bridgehead atoms. The molecule has 0 aliphatic carbocycles. The van der Waals surface area contributed by atoms with Crippen molar-refractivity contribution in [1.82, 2.24) is 4.31 Å². The first-order valence-electron chi connectivity index (χ1n) is 4.07. The number of nitrogens with zero attached hydrogens (tertiary/aromatic N) is 1. The van der Waals surface area contributed by atoms with E-state index in [0.717, 1.165) is 11.3 Å². The van der Waals surface area contributed by atoms with Crippen LogP contribution in [0.3, 0.4) is 0 Å². The highest BCUT2D eigenvalue weighted by Gasteiger charge is 1.99. The Morgan fingerprint density at radius 1 is 1.43 bits per heavy atom. The highest BCUT2D eigenvalue weighted by atomic mass is 32.2. The molecule has 1 aromatic carbocycles. The summed E-state index contributed by atoms with van der Waals surface area (Å²) in [4.78, 5) is 0. The van der Waals surface area contributed by atoms with Crippen LogP contribution in [0.25, 0.3) is 0 Å². The van der Waals surface area contributed by atoms with Crippen molar-refractivity contribution in [3.8, 4) is 5.75 Å². The topological polar surface area (TPSA) is 52.6 Å². The van der Waals surface area contributed by atoms with Gasteiger partial charge in [0, 0.05) is 17.8 Å². The van der Waals surface area contributed by atoms with Crippen molar-refractivity contribution < 1.29 is 13.5 Å². The fourth-order valence-electron chi connectivity index (χ4n) is 1.04. The third-order valence-corrected chi connectivity index (χ3v) is 2.46. The van der Waals surface area contributed by atoms with Crippen LogP contribution in [0.1, 0.15) is 5.56 Å². The molecule has 14 heavy (non-hydrogen) atoms. The van der Waals surface area contributed by atoms with Gasteiger partial charge in [-0.05, 0) is 24.7 Å². The molecule has 78 valence electrons. The van der Waals surface area contributed by atoms with Gasteiger partial charge in [-0.2, -0.15) is 0 Å². The van der Waals surface area contributed by atoms with Gasteiger partial charge in [0.1, 0.15) is 5.75 Å². The zero-order valence-electron chi connectivity index (χ0n) is 8.10. The van der Waals surface area contributed by atoms with Crippen LogP contribution in [0.2, 0.25) is 0 Å². The first kappa shape index (κ1) is 11.2. The van der Waals surface area contributed by atoms with Crippen LogP contribution in [0, 0.1) is 0 Å². The fraction of sp³-hybridized carbons (Fsp3) is 0.333. The van der Waals surface area contributed by atoms with Crippen molar-refractivity contribution >= 4 is 11.3 Å². The van der Waals surface area contributed by atoms with E-state index in [1.54, 1.807) is 19.2 Å². The molecule has 5 heteroatoms. The van der Waals surface area contributed by atoms with Crippen LogP contribution in [-0.4, -0.2) is 27.2 Å². The van der Waals surface area contributed by atoms with Gasteiger partial charge in [0.25, 0.3) is 0 Å². The summed E-state index contributed by atoms with van der Waals surface area (Å²) in [6.07, 6.45) is 0. The van der Waals surface area contributed by atoms with Gasteiger partial charge in [-0.3, -0.25) is 4.21 Å². The second kappa shape index (κ2) is 5.09. The summed E-state index contributed by atoms with van der Waals surface area (Å²) in [6, 6.07) is 7.28. The summed E-state index contributed by atoms with van der Waals surface area (Å²) < 4.78 is 27.3. The van der Waals surface area contributed by atoms with E-state index < -0.39 is 11.3 Å². The minimum Gasteiger partial charge on any atom is -0.760 e. The van der Waals surface area contributed by atoms with Gasteiger partial charge in [-0.25, -0.2) is 4.31 Å². The summed E-state index contributed by atoms with van der Waals surface area (Å²) >= 11 is -2.17. The Balaban J connectivity index is 2.64. The first-order valence-corrected chi connectivity index (χ1v) is 5.10. The van der Waals surface area contributed by atoms with E-state index in [4.69, 9.17) is 4.74 Å². The lowest BCUT2D eigenvalue weighted by Crippen LogP contribution is -2.19. The molecule has 0 aromatic heterocycles. The SMILES string of the molecule is COc1ccc(CN(C)S(=O)[O-])cc1. The third kappa shape index (κ3) is 3.10. The Bertz CT molecular complexity index is 312. The number of rotatable bonds is 4. The Morgan fingerprint density at radius 2 is 2.00 bits per heavy atom. The molecule has 0 N–H and O–H groups in total. The predicted octanol–water partition coefficient (Wildman–Crippen LogP) is 0.921. The maximum absolute atomic E-state index is 10.5. The van der Waals surface area contributed by atoms with Gasteiger partial charge >= 0.3 is 0 Å². The van der Waals surface area contributed by atoms with Crippen LogP contribution in [0.5, 0.6) is 5.75 Å². The van der Waals surface area contributed by atoms with E-state index in [-0.39, 0.29) is 0 Å². The number of hydrogen-bond acceptors (Lipinski definition) is 3. The zero-order valence-corrected chi connectivity index (χ0v) is 8.91. The maximum atomic E-state index is 10.5. The smallest absolute Gasteiger partial charge is 0.118 e. The Hall–Kier alpha value is -0.910. The summed E-state index contributed by atoms with van der Waals surface area (Å²) in [5, 5.41) is 0. The minimum atomic E-state index is -2.17. The summed E-state index contributed by atoms with van der Waals surface area (Å²) in [5.41, 5.74) is 0.928. The summed E-state index contributed by atoms with van der Waals surface area (Å²) in [7, 11) is 3.11. The molecular formula is C9H12NO3S-. The molecule has 1 unspecified atom stereocenters. The van der Waals surface area contributed by atoms with Gasteiger partial charge < -0.3 is 9.29 Å². The lowest BCUT2D eigenvalue weighted by atomic mass is 10.2. The van der Waals surface area contributed by atoms with Crippen LogP contribution in [-0.2, 0) is 17.8 Å². The minimum absolute atomic E-state index is 0.375. The molecule has 0 spiro atoms. The number of hydrogen-bond donors (Lipinski definition) is 0. The molecular weight excluding hydrogens is 202 g/mol. The first-order chi connectivity index (χ1) is 6.63. The van der Waals surface area contributed by atoms with E-state index in [2.05, 4.69) is 0 Å². The van der Waals surface area contributed by atoms with Gasteiger partial charge in [0.2, 0.25) is 0 Å². The molecule has 0 radical (unpaired) electrons. The van der Waals surface area contributed by atoms with E-state index in [0.29, 0.717) is 6.54 Å². The van der Waals surface area contributed by atoms with Gasteiger partial charge in [0.05, 0.1) is 7.11 Å². The van der Waals surface area contributed by atoms with Crippen LogP contribution in [0.4, 0.5) is 0 Å². The Labute approximate surface area is 85.9 Å². The standard InChI is InChI=1S/C9H13NO3S/c1-10(14(11)12)7-8-3-5-9(13-2)6-4-8/h3-6H,7H2,1-2H3,(H,11,12)/p-1. The van der Waals surface area contributed by atoms with Gasteiger partial charge in [-0.15, -0.1) is 0 Å². The maximum Gasteiger partial charge on any atom is 0.118 e. The van der Waals surface area contributed by atoms with Crippen LogP contribution >= 0.6 is 0 Å². The van der Waals surface area contributed by atoms with Gasteiger partial charge in [0.15, 0.2) is 0 Å². The molecule has 0 amide bonds. The summed E-state index contributed by atoms with van der Waals surface area (Å²) in [6.45, 7) is 0.375. The third-order valence-electron chi connectivity index (χ3n) is 1.82. The predicted molar refractivity (Wildman–Crippen MR) is 53.4 cm³/mol. The molecule has 1 rings (SSSR count). The molecule has 0 aliphatic heterocycles. The van der Waals surface area contributed by atoms with E-state index >= 15 is 0 Å². The Kier molecular flexibility index (Phi) is 4.06. The van der Waals surface area contributed by atoms with Crippen molar-refractivity contribution in [3.63, 3.8) is 0 Å². The molecule has 0 fully saturated rings. The molecule has 1 aromatic rings. The van der Waals surface area contributed by atoms with Gasteiger partial charge in [-0.1, -0.05) is 12.1 Å². The van der Waals surface area contributed by atoms with Crippen LogP contribution < -0.4 is 4.74 Å². The van der Waals surface area contributed by atoms with E-state index in [9.17, 15) is 8.76 Å². The van der Waals surface area contributed by atoms with Crippen molar-refractivity contribution in [3.05, 3.63) is 29.8 Å². The average molecular weight is 214 g/mol. The normalized spacial score (nSPS) is 12.9. The highest BCUT2D eigenvalue weighted by molar-refractivity contribution is 7.76. The van der Waals surface area contributed by atoms with Crippen LogP contribution in [0.15, 0.2) is 24.3 Å². The lowest BCUT2D eigenvalue weighted by Gasteiger charge is -2.18. The average Bonchev–Trinajstić information content (AvgIpc) is 2.19. The largest absolute Gasteiger partial charge is 0.760 e. The number of benzene rings is 1. The van der Waals surface area contributed by atoms with Crippen molar-refractivity contribution in [2.45, 2.75) is 6.54 Å². The fourth-order valence-corrected chi connectivity index (χ4v) is 1.30. The number of methoxy groups -OCH3 is 1. The lowest BCUT2D eigenvalue weighted by molar-refractivity contribution is 0.413. The molecule has 4 nitrogen and oxygen atoms in total. The molecule has 0 saturated carbocycles. The molecule has 0 saturated heterocycles.